The van der Waals surface area contributed by atoms with Gasteiger partial charge in [0.25, 0.3) is 0 Å². The van der Waals surface area contributed by atoms with Gasteiger partial charge >= 0.3 is 12.2 Å². The van der Waals surface area contributed by atoms with Crippen molar-refractivity contribution in [2.24, 2.45) is 0 Å². The summed E-state index contributed by atoms with van der Waals surface area (Å²) in [5.41, 5.74) is -0.717. The summed E-state index contributed by atoms with van der Waals surface area (Å²) in [7, 11) is 0. The molecule has 5 nitrogen and oxygen atoms in total. The lowest BCUT2D eigenvalue weighted by atomic mass is 10.5. The van der Waals surface area contributed by atoms with Crippen molar-refractivity contribution in [2.75, 3.05) is 0 Å². The second-order valence-corrected chi connectivity index (χ2v) is 1.44. The zero-order valence-electron chi connectivity index (χ0n) is 5.25. The molecular formula is C4H5F2N3O2. The molecule has 7 heteroatoms. The lowest BCUT2D eigenvalue weighted by Crippen LogP contribution is -2.15. The first-order valence-electron chi connectivity index (χ1n) is 2.47. The first-order chi connectivity index (χ1) is 5.07. The fraction of sp³-hybridized carbons (Fsp3) is 0.250. The van der Waals surface area contributed by atoms with Gasteiger partial charge in [0.05, 0.1) is 17.3 Å². The van der Waals surface area contributed by atoms with Crippen molar-refractivity contribution in [1.82, 2.24) is 5.32 Å². The van der Waals surface area contributed by atoms with Crippen molar-refractivity contribution < 1.29 is 13.7 Å². The van der Waals surface area contributed by atoms with Crippen molar-refractivity contribution in [3.05, 3.63) is 22.0 Å². The van der Waals surface area contributed by atoms with Crippen LogP contribution in [0.5, 0.6) is 0 Å². The molecule has 0 aromatic heterocycles. The van der Waals surface area contributed by atoms with Crippen molar-refractivity contribution in [2.45, 2.75) is 6.55 Å². The fourth-order valence-electron chi connectivity index (χ4n) is 0.295. The standard InChI is InChI=1S/C4H5F2N3O2/c5-4(6)8-2-3(1-7)9(10)11/h1-2,4,7-8H/b3-2+,7-1?. The summed E-state index contributed by atoms with van der Waals surface area (Å²) in [6.45, 7) is -2.86. The predicted molar refractivity (Wildman–Crippen MR) is 33.0 cm³/mol. The first kappa shape index (κ1) is 9.47. The molecule has 0 aliphatic carbocycles. The number of halogens is 2. The minimum atomic E-state index is -2.86. The summed E-state index contributed by atoms with van der Waals surface area (Å²) in [4.78, 5) is 8.90. The molecule has 0 fully saturated rings. The Morgan fingerprint density at radius 1 is 1.73 bits per heavy atom. The number of allylic oxidation sites excluding steroid dienone is 1. The third kappa shape index (κ3) is 3.95. The molecule has 11 heavy (non-hydrogen) atoms. The van der Waals surface area contributed by atoms with Crippen LogP contribution in [0.4, 0.5) is 8.78 Å². The number of rotatable bonds is 4. The van der Waals surface area contributed by atoms with Gasteiger partial charge in [-0.2, -0.15) is 8.78 Å². The number of nitrogens with one attached hydrogen (secondary N) is 2. The van der Waals surface area contributed by atoms with Crippen LogP contribution in [0.2, 0.25) is 0 Å². The lowest BCUT2D eigenvalue weighted by Gasteiger charge is -1.94. The highest BCUT2D eigenvalue weighted by molar-refractivity contribution is 5.71. The fourth-order valence-corrected chi connectivity index (χ4v) is 0.295. The molecule has 0 spiro atoms. The second-order valence-electron chi connectivity index (χ2n) is 1.44. The van der Waals surface area contributed by atoms with Gasteiger partial charge in [0, 0.05) is 0 Å². The maximum absolute atomic E-state index is 11.3. The van der Waals surface area contributed by atoms with E-state index < -0.39 is 17.2 Å². The molecule has 0 rings (SSSR count). The van der Waals surface area contributed by atoms with Crippen LogP contribution >= 0.6 is 0 Å². The smallest absolute Gasteiger partial charge is 0.312 e. The molecule has 0 bridgehead atoms. The largest absolute Gasteiger partial charge is 0.330 e. The first-order valence-corrected chi connectivity index (χ1v) is 2.47. The Balaban J connectivity index is 4.13. The van der Waals surface area contributed by atoms with Crippen LogP contribution in [0.3, 0.4) is 0 Å². The van der Waals surface area contributed by atoms with E-state index in [-0.39, 0.29) is 0 Å². The summed E-state index contributed by atoms with van der Waals surface area (Å²) >= 11 is 0. The van der Waals surface area contributed by atoms with E-state index in [0.29, 0.717) is 12.4 Å². The van der Waals surface area contributed by atoms with E-state index in [1.807, 2.05) is 0 Å². The van der Waals surface area contributed by atoms with E-state index in [1.54, 1.807) is 0 Å². The Bertz CT molecular complexity index is 192. The van der Waals surface area contributed by atoms with Crippen LogP contribution in [-0.4, -0.2) is 17.7 Å². The summed E-state index contributed by atoms with van der Waals surface area (Å²) in [5.74, 6) is 0. The van der Waals surface area contributed by atoms with E-state index >= 15 is 0 Å². The molecular weight excluding hydrogens is 160 g/mol. The molecule has 0 aliphatic heterocycles. The summed E-state index contributed by atoms with van der Waals surface area (Å²) < 4.78 is 22.7. The van der Waals surface area contributed by atoms with E-state index in [2.05, 4.69) is 0 Å². The van der Waals surface area contributed by atoms with Gasteiger partial charge in [-0.15, -0.1) is 0 Å². The summed E-state index contributed by atoms with van der Waals surface area (Å²) in [6, 6.07) is 0. The van der Waals surface area contributed by atoms with Crippen molar-refractivity contribution in [3.8, 4) is 0 Å². The quantitative estimate of drug-likeness (QED) is 0.276. The Morgan fingerprint density at radius 3 is 2.55 bits per heavy atom. The highest BCUT2D eigenvalue weighted by Gasteiger charge is 2.06. The summed E-state index contributed by atoms with van der Waals surface area (Å²) in [5, 5.41) is 17.6. The van der Waals surface area contributed by atoms with Crippen molar-refractivity contribution >= 4 is 6.21 Å². The second kappa shape index (κ2) is 4.31. The van der Waals surface area contributed by atoms with Gasteiger partial charge in [-0.1, -0.05) is 0 Å². The SMILES string of the molecule is N=C/C(=C\NC(F)F)[N+](=O)[O-]. The highest BCUT2D eigenvalue weighted by Crippen LogP contribution is 1.91. The van der Waals surface area contributed by atoms with Gasteiger partial charge < -0.3 is 10.7 Å². The van der Waals surface area contributed by atoms with E-state index in [9.17, 15) is 18.9 Å². The van der Waals surface area contributed by atoms with Crippen LogP contribution < -0.4 is 5.32 Å². The van der Waals surface area contributed by atoms with E-state index in [1.165, 1.54) is 5.32 Å². The minimum absolute atomic E-state index is 0.370. The predicted octanol–water partition coefficient (Wildman–Crippen LogP) is 0.566. The van der Waals surface area contributed by atoms with Crippen LogP contribution in [0.15, 0.2) is 11.9 Å². The van der Waals surface area contributed by atoms with Gasteiger partial charge in [-0.25, -0.2) is 0 Å². The van der Waals surface area contributed by atoms with Gasteiger partial charge in [0.1, 0.15) is 0 Å². The molecule has 0 aromatic carbocycles. The van der Waals surface area contributed by atoms with E-state index in [4.69, 9.17) is 5.41 Å². The minimum Gasteiger partial charge on any atom is -0.330 e. The van der Waals surface area contributed by atoms with Crippen molar-refractivity contribution in [3.63, 3.8) is 0 Å². The molecule has 0 saturated heterocycles. The van der Waals surface area contributed by atoms with Gasteiger partial charge in [-0.05, 0) is 0 Å². The van der Waals surface area contributed by atoms with Gasteiger partial charge in [0.15, 0.2) is 0 Å². The Labute approximate surface area is 60.4 Å². The van der Waals surface area contributed by atoms with Gasteiger partial charge in [0.2, 0.25) is 0 Å². The Morgan fingerprint density at radius 2 is 2.27 bits per heavy atom. The number of nitrogens with zero attached hydrogens (tertiary/aromatic N) is 1. The molecule has 0 unspecified atom stereocenters. The number of nitro groups is 1. The average Bonchev–Trinajstić information content (AvgIpc) is 1.87. The summed E-state index contributed by atoms with van der Waals surface area (Å²) in [6.07, 6.45) is 0.840. The lowest BCUT2D eigenvalue weighted by molar-refractivity contribution is -0.414. The molecule has 0 saturated carbocycles. The van der Waals surface area contributed by atoms with Gasteiger partial charge in [-0.3, -0.25) is 10.1 Å². The maximum atomic E-state index is 11.3. The molecule has 2 N–H and O–H groups in total. The van der Waals surface area contributed by atoms with E-state index in [0.717, 1.165) is 0 Å². The van der Waals surface area contributed by atoms with Crippen LogP contribution in [-0.2, 0) is 0 Å². The monoisotopic (exact) mass is 165 g/mol. The molecule has 0 aromatic rings. The number of hydrogen-bond acceptors (Lipinski definition) is 4. The van der Waals surface area contributed by atoms with Crippen LogP contribution in [0.1, 0.15) is 0 Å². The normalized spacial score (nSPS) is 11.4. The molecule has 0 aliphatic rings. The van der Waals surface area contributed by atoms with Crippen LogP contribution in [0, 0.1) is 15.5 Å². The zero-order valence-corrected chi connectivity index (χ0v) is 5.25. The Kier molecular flexibility index (Phi) is 3.71. The van der Waals surface area contributed by atoms with Crippen molar-refractivity contribution in [1.29, 1.82) is 5.41 Å². The zero-order chi connectivity index (χ0) is 8.85. The topological polar surface area (TPSA) is 79.0 Å². The third-order valence-corrected chi connectivity index (χ3v) is 0.716. The Hall–Kier alpha value is -1.53. The molecule has 0 atom stereocenters. The molecule has 0 heterocycles. The number of alkyl halides is 2. The molecule has 62 valence electrons. The maximum Gasteiger partial charge on any atom is 0.312 e. The third-order valence-electron chi connectivity index (χ3n) is 0.716. The molecule has 0 amide bonds. The number of hydrogen-bond donors (Lipinski definition) is 2. The molecule has 0 radical (unpaired) electrons. The highest BCUT2D eigenvalue weighted by atomic mass is 19.3. The average molecular weight is 165 g/mol. The van der Waals surface area contributed by atoms with Crippen LogP contribution in [0.25, 0.3) is 0 Å².